The van der Waals surface area contributed by atoms with E-state index in [-0.39, 0.29) is 53.8 Å². The Balaban J connectivity index is 0. The molecule has 0 nitrogen and oxygen atoms in total. The van der Waals surface area contributed by atoms with Crippen molar-refractivity contribution in [3.63, 3.8) is 0 Å². The van der Waals surface area contributed by atoms with E-state index in [1.807, 2.05) is 30.3 Å². The molecule has 0 aliphatic rings. The van der Waals surface area contributed by atoms with Crippen molar-refractivity contribution < 1.29 is 53.8 Å². The molecular formula is C6H5WY-. The fourth-order valence-electron chi connectivity index (χ4n) is 0.342. The molecular weight excluding hydrogens is 345 g/mol. The fourth-order valence-corrected chi connectivity index (χ4v) is 0.342. The van der Waals surface area contributed by atoms with Crippen LogP contribution in [0.15, 0.2) is 30.3 Å². The molecule has 0 unspecified atom stereocenters. The van der Waals surface area contributed by atoms with Crippen LogP contribution in [0.2, 0.25) is 0 Å². The average molecular weight is 350 g/mol. The maximum atomic E-state index is 2.89. The van der Waals surface area contributed by atoms with Gasteiger partial charge in [0.2, 0.25) is 0 Å². The van der Waals surface area contributed by atoms with E-state index < -0.39 is 0 Å². The molecule has 0 saturated heterocycles. The summed E-state index contributed by atoms with van der Waals surface area (Å²) in [5, 5.41) is 0. The zero-order chi connectivity index (χ0) is 4.24. The molecule has 1 aromatic rings. The molecule has 0 aromatic heterocycles. The minimum absolute atomic E-state index is 0. The molecule has 8 heavy (non-hydrogen) atoms. The van der Waals surface area contributed by atoms with Gasteiger partial charge in [-0.25, -0.2) is 0 Å². The first kappa shape index (κ1) is 11.8. The third-order valence-electron chi connectivity index (χ3n) is 0.607. The molecule has 1 rings (SSSR count). The Morgan fingerprint density at radius 3 is 1.50 bits per heavy atom. The second-order valence-electron chi connectivity index (χ2n) is 1.08. The molecule has 0 N–H and O–H groups in total. The zero-order valence-electron chi connectivity index (χ0n) is 4.37. The van der Waals surface area contributed by atoms with Crippen molar-refractivity contribution in [1.82, 2.24) is 0 Å². The van der Waals surface area contributed by atoms with Gasteiger partial charge in [0.1, 0.15) is 0 Å². The van der Waals surface area contributed by atoms with Gasteiger partial charge in [-0.2, -0.15) is 36.4 Å². The maximum absolute atomic E-state index is 2.89. The quantitative estimate of drug-likeness (QED) is 0.622. The monoisotopic (exact) mass is 350 g/mol. The summed E-state index contributed by atoms with van der Waals surface area (Å²) in [5.74, 6) is 0. The van der Waals surface area contributed by atoms with Gasteiger partial charge >= 0.3 is 0 Å². The second-order valence-corrected chi connectivity index (χ2v) is 1.08. The van der Waals surface area contributed by atoms with Crippen LogP contribution in [0.5, 0.6) is 0 Å². The molecule has 0 fully saturated rings. The normalized spacial score (nSPS) is 6.00. The van der Waals surface area contributed by atoms with Crippen molar-refractivity contribution in [3.8, 4) is 0 Å². The van der Waals surface area contributed by atoms with E-state index in [1.54, 1.807) is 0 Å². The predicted molar refractivity (Wildman–Crippen MR) is 25.3 cm³/mol. The van der Waals surface area contributed by atoms with Crippen molar-refractivity contribution in [3.05, 3.63) is 36.4 Å². The van der Waals surface area contributed by atoms with Gasteiger partial charge in [-0.1, -0.05) is 0 Å². The summed E-state index contributed by atoms with van der Waals surface area (Å²) in [7, 11) is 0. The SMILES string of the molecule is [W].[Y].[c-]1ccccc1. The third-order valence-corrected chi connectivity index (χ3v) is 0.607. The van der Waals surface area contributed by atoms with E-state index in [2.05, 4.69) is 6.07 Å². The Hall–Kier alpha value is 1.01. The van der Waals surface area contributed by atoms with E-state index in [1.165, 1.54) is 0 Å². The van der Waals surface area contributed by atoms with Crippen LogP contribution in [0, 0.1) is 6.07 Å². The average Bonchev–Trinajstić information content (AvgIpc) is 1.72. The molecule has 0 aliphatic carbocycles. The van der Waals surface area contributed by atoms with Gasteiger partial charge in [0, 0.05) is 53.8 Å². The smallest absolute Gasteiger partial charge is 0 e. The summed E-state index contributed by atoms with van der Waals surface area (Å²) in [6.07, 6.45) is 0. The van der Waals surface area contributed by atoms with Gasteiger partial charge in [-0.3, -0.25) is 0 Å². The molecule has 0 amide bonds. The molecule has 0 heterocycles. The molecule has 1 aromatic carbocycles. The van der Waals surface area contributed by atoms with Crippen molar-refractivity contribution in [2.24, 2.45) is 0 Å². The van der Waals surface area contributed by atoms with Crippen LogP contribution in [0.3, 0.4) is 0 Å². The van der Waals surface area contributed by atoms with E-state index in [0.29, 0.717) is 0 Å². The topological polar surface area (TPSA) is 0 Å². The number of hydrogen-bond acceptors (Lipinski definition) is 0. The first-order chi connectivity index (χ1) is 3.00. The predicted octanol–water partition coefficient (Wildman–Crippen LogP) is 1.48. The van der Waals surface area contributed by atoms with Gasteiger partial charge < -0.3 is 0 Å². The minimum atomic E-state index is 0. The molecule has 0 spiro atoms. The van der Waals surface area contributed by atoms with Gasteiger partial charge in [0.25, 0.3) is 0 Å². The molecule has 0 atom stereocenters. The summed E-state index contributed by atoms with van der Waals surface area (Å²) in [6.45, 7) is 0. The minimum Gasteiger partial charge on any atom is -0.184 e. The summed E-state index contributed by atoms with van der Waals surface area (Å²) >= 11 is 0. The van der Waals surface area contributed by atoms with Crippen LogP contribution in [0.25, 0.3) is 0 Å². The van der Waals surface area contributed by atoms with Crippen LogP contribution in [0.4, 0.5) is 0 Å². The van der Waals surface area contributed by atoms with Crippen LogP contribution >= 0.6 is 0 Å². The largest absolute Gasteiger partial charge is 0.184 e. The number of rotatable bonds is 0. The molecule has 0 saturated carbocycles. The van der Waals surface area contributed by atoms with E-state index >= 15 is 0 Å². The van der Waals surface area contributed by atoms with Crippen LogP contribution in [-0.2, 0) is 53.8 Å². The Bertz CT molecular complexity index is 80.5. The van der Waals surface area contributed by atoms with Gasteiger partial charge in [-0.15, -0.1) is 0 Å². The first-order valence-electron chi connectivity index (χ1n) is 1.91. The molecule has 0 aliphatic heterocycles. The van der Waals surface area contributed by atoms with Crippen molar-refractivity contribution in [2.75, 3.05) is 0 Å². The van der Waals surface area contributed by atoms with Crippen molar-refractivity contribution in [1.29, 1.82) is 0 Å². The summed E-state index contributed by atoms with van der Waals surface area (Å²) in [4.78, 5) is 0. The molecule has 2 heteroatoms. The van der Waals surface area contributed by atoms with Gasteiger partial charge in [0.15, 0.2) is 0 Å². The molecule has 1 radical (unpaired) electrons. The van der Waals surface area contributed by atoms with E-state index in [4.69, 9.17) is 0 Å². The zero-order valence-corrected chi connectivity index (χ0v) is 10.1. The standard InChI is InChI=1S/C6H5.W.Y/c1-2-4-6-5-3-1;;/h1-5H;;/q-1;;. The second kappa shape index (κ2) is 8.01. The van der Waals surface area contributed by atoms with Crippen molar-refractivity contribution >= 4 is 0 Å². The fraction of sp³-hybridized carbons (Fsp3) is 0. The third kappa shape index (κ3) is 5.15. The van der Waals surface area contributed by atoms with Gasteiger partial charge in [0.05, 0.1) is 0 Å². The van der Waals surface area contributed by atoms with Crippen LogP contribution in [0.1, 0.15) is 0 Å². The summed E-state index contributed by atoms with van der Waals surface area (Å²) in [5.41, 5.74) is 0. The molecule has 39 valence electrons. The Morgan fingerprint density at radius 2 is 1.38 bits per heavy atom. The Morgan fingerprint density at radius 1 is 0.875 bits per heavy atom. The van der Waals surface area contributed by atoms with E-state index in [0.717, 1.165) is 0 Å². The summed E-state index contributed by atoms with van der Waals surface area (Å²) in [6, 6.07) is 12.5. The van der Waals surface area contributed by atoms with E-state index in [9.17, 15) is 0 Å². The summed E-state index contributed by atoms with van der Waals surface area (Å²) < 4.78 is 0. The van der Waals surface area contributed by atoms with Crippen LogP contribution < -0.4 is 0 Å². The Kier molecular flexibility index (Phi) is 11.8. The number of hydrogen-bond donors (Lipinski definition) is 0. The van der Waals surface area contributed by atoms with Crippen LogP contribution in [-0.4, -0.2) is 0 Å². The number of benzene rings is 1. The van der Waals surface area contributed by atoms with Gasteiger partial charge in [-0.05, 0) is 0 Å². The maximum Gasteiger partial charge on any atom is 0 e. The first-order valence-corrected chi connectivity index (χ1v) is 1.91. The van der Waals surface area contributed by atoms with Crippen molar-refractivity contribution in [2.45, 2.75) is 0 Å². The Labute approximate surface area is 89.2 Å². The molecule has 0 bridgehead atoms.